The summed E-state index contributed by atoms with van der Waals surface area (Å²) in [5.74, 6) is 2.50. The molecule has 0 spiro atoms. The maximum absolute atomic E-state index is 5.82. The minimum atomic E-state index is 0.720. The Morgan fingerprint density at radius 2 is 1.60 bits per heavy atom. The Morgan fingerprint density at radius 3 is 2.28 bits per heavy atom. The number of anilines is 2. The van der Waals surface area contributed by atoms with Crippen LogP contribution in [0.4, 0.5) is 11.5 Å². The van der Waals surface area contributed by atoms with Gasteiger partial charge in [-0.15, -0.1) is 0 Å². The zero-order chi connectivity index (χ0) is 17.1. The molecule has 1 aliphatic rings. The monoisotopic (exact) mass is 336 g/mol. The number of morpholine rings is 1. The second kappa shape index (κ2) is 6.86. The van der Waals surface area contributed by atoms with Gasteiger partial charge in [0.25, 0.3) is 0 Å². The molecular formula is C19H20N4O2. The van der Waals surface area contributed by atoms with Gasteiger partial charge in [0.1, 0.15) is 11.5 Å². The van der Waals surface area contributed by atoms with Crippen molar-refractivity contribution in [1.82, 2.24) is 10.2 Å². The van der Waals surface area contributed by atoms with E-state index in [2.05, 4.69) is 21.2 Å². The number of H-pyrrole nitrogens is 1. The van der Waals surface area contributed by atoms with Crippen LogP contribution in [0.1, 0.15) is 0 Å². The second-order valence-electron chi connectivity index (χ2n) is 5.93. The highest BCUT2D eigenvalue weighted by molar-refractivity contribution is 5.64. The van der Waals surface area contributed by atoms with Crippen molar-refractivity contribution in [3.63, 3.8) is 0 Å². The van der Waals surface area contributed by atoms with E-state index in [0.29, 0.717) is 0 Å². The molecular weight excluding hydrogens is 316 g/mol. The van der Waals surface area contributed by atoms with Crippen LogP contribution in [0.3, 0.4) is 0 Å². The number of aromatic amines is 1. The van der Waals surface area contributed by atoms with Gasteiger partial charge in [0.05, 0.1) is 18.9 Å². The summed E-state index contributed by atoms with van der Waals surface area (Å²) < 4.78 is 11.2. The average molecular weight is 336 g/mol. The summed E-state index contributed by atoms with van der Waals surface area (Å²) in [7, 11) is 0. The van der Waals surface area contributed by atoms with Crippen molar-refractivity contribution in [3.8, 4) is 22.8 Å². The van der Waals surface area contributed by atoms with Crippen LogP contribution in [0.25, 0.3) is 11.3 Å². The van der Waals surface area contributed by atoms with E-state index in [1.165, 1.54) is 0 Å². The molecule has 1 saturated heterocycles. The van der Waals surface area contributed by atoms with Gasteiger partial charge in [0.2, 0.25) is 0 Å². The lowest BCUT2D eigenvalue weighted by Crippen LogP contribution is -2.36. The number of ether oxygens (including phenoxy) is 2. The first-order chi connectivity index (χ1) is 12.3. The number of aromatic nitrogens is 2. The number of nitrogens with one attached hydrogen (secondary N) is 1. The molecule has 3 aromatic rings. The van der Waals surface area contributed by atoms with Crippen LogP contribution in [0.2, 0.25) is 0 Å². The average Bonchev–Trinajstić information content (AvgIpc) is 3.15. The molecule has 0 unspecified atom stereocenters. The van der Waals surface area contributed by atoms with E-state index >= 15 is 0 Å². The van der Waals surface area contributed by atoms with Gasteiger partial charge >= 0.3 is 0 Å². The first kappa shape index (κ1) is 15.5. The second-order valence-corrected chi connectivity index (χ2v) is 5.93. The Labute approximate surface area is 146 Å². The van der Waals surface area contributed by atoms with Crippen molar-refractivity contribution < 1.29 is 9.47 Å². The molecule has 3 N–H and O–H groups in total. The van der Waals surface area contributed by atoms with Gasteiger partial charge in [-0.1, -0.05) is 0 Å². The van der Waals surface area contributed by atoms with E-state index in [9.17, 15) is 0 Å². The van der Waals surface area contributed by atoms with Crippen molar-refractivity contribution in [2.45, 2.75) is 0 Å². The minimum absolute atomic E-state index is 0.720. The predicted molar refractivity (Wildman–Crippen MR) is 98.0 cm³/mol. The van der Waals surface area contributed by atoms with Gasteiger partial charge in [-0.05, 0) is 54.1 Å². The number of nitrogens with zero attached hydrogens (tertiary/aromatic N) is 2. The van der Waals surface area contributed by atoms with Crippen LogP contribution < -0.4 is 15.4 Å². The molecule has 2 heterocycles. The maximum atomic E-state index is 5.82. The van der Waals surface area contributed by atoms with Gasteiger partial charge < -0.3 is 20.1 Å². The highest BCUT2D eigenvalue weighted by Gasteiger charge is 2.14. The molecule has 2 aromatic carbocycles. The number of nitrogen functional groups attached to an aromatic ring is 1. The quantitative estimate of drug-likeness (QED) is 0.715. The van der Waals surface area contributed by atoms with Crippen LogP contribution >= 0.6 is 0 Å². The van der Waals surface area contributed by atoms with E-state index in [1.54, 1.807) is 0 Å². The molecule has 1 fully saturated rings. The van der Waals surface area contributed by atoms with Crippen molar-refractivity contribution in [2.75, 3.05) is 36.9 Å². The minimum Gasteiger partial charge on any atom is -0.457 e. The SMILES string of the molecule is Nc1ccc(Oc2ccc(-c3cc(N4CCOCC4)n[nH]3)cc2)cc1. The third kappa shape index (κ3) is 3.59. The van der Waals surface area contributed by atoms with Crippen LogP contribution in [0, 0.1) is 0 Å². The summed E-state index contributed by atoms with van der Waals surface area (Å²) in [5, 5.41) is 7.52. The predicted octanol–water partition coefficient (Wildman–Crippen LogP) is 3.29. The van der Waals surface area contributed by atoms with E-state index in [4.69, 9.17) is 15.2 Å². The molecule has 6 heteroatoms. The number of benzene rings is 2. The van der Waals surface area contributed by atoms with E-state index < -0.39 is 0 Å². The molecule has 0 bridgehead atoms. The topological polar surface area (TPSA) is 76.4 Å². The fourth-order valence-corrected chi connectivity index (χ4v) is 2.79. The smallest absolute Gasteiger partial charge is 0.151 e. The van der Waals surface area contributed by atoms with Crippen LogP contribution in [0.5, 0.6) is 11.5 Å². The number of rotatable bonds is 4. The Morgan fingerprint density at radius 1 is 0.960 bits per heavy atom. The molecule has 6 nitrogen and oxygen atoms in total. The fourth-order valence-electron chi connectivity index (χ4n) is 2.79. The molecule has 25 heavy (non-hydrogen) atoms. The molecule has 0 aliphatic carbocycles. The lowest BCUT2D eigenvalue weighted by atomic mass is 10.1. The Balaban J connectivity index is 1.46. The summed E-state index contributed by atoms with van der Waals surface area (Å²) in [6.07, 6.45) is 0. The van der Waals surface area contributed by atoms with Gasteiger partial charge in [-0.25, -0.2) is 0 Å². The van der Waals surface area contributed by atoms with E-state index in [-0.39, 0.29) is 0 Å². The molecule has 1 aromatic heterocycles. The molecule has 128 valence electrons. The summed E-state index contributed by atoms with van der Waals surface area (Å²) >= 11 is 0. The number of hydrogen-bond donors (Lipinski definition) is 2. The van der Waals surface area contributed by atoms with Crippen molar-refractivity contribution in [2.24, 2.45) is 0 Å². The molecule has 0 atom stereocenters. The highest BCUT2D eigenvalue weighted by Crippen LogP contribution is 2.27. The zero-order valence-corrected chi connectivity index (χ0v) is 13.8. The van der Waals surface area contributed by atoms with Gasteiger partial charge in [-0.3, -0.25) is 5.10 Å². The first-order valence-electron chi connectivity index (χ1n) is 8.30. The summed E-state index contributed by atoms with van der Waals surface area (Å²) in [6.45, 7) is 3.25. The van der Waals surface area contributed by atoms with Crippen molar-refractivity contribution in [1.29, 1.82) is 0 Å². The number of hydrogen-bond acceptors (Lipinski definition) is 5. The van der Waals surface area contributed by atoms with Crippen molar-refractivity contribution in [3.05, 3.63) is 54.6 Å². The fraction of sp³-hybridized carbons (Fsp3) is 0.211. The first-order valence-corrected chi connectivity index (χ1v) is 8.30. The van der Waals surface area contributed by atoms with Crippen LogP contribution in [-0.4, -0.2) is 36.5 Å². The highest BCUT2D eigenvalue weighted by atomic mass is 16.5. The van der Waals surface area contributed by atoms with Crippen LogP contribution in [-0.2, 0) is 4.74 Å². The van der Waals surface area contributed by atoms with Gasteiger partial charge in [0, 0.05) is 24.8 Å². The largest absolute Gasteiger partial charge is 0.457 e. The molecule has 0 radical (unpaired) electrons. The number of nitrogens with two attached hydrogens (primary N) is 1. The third-order valence-electron chi connectivity index (χ3n) is 4.18. The Bertz CT molecular complexity index is 821. The van der Waals surface area contributed by atoms with E-state index in [1.807, 2.05) is 48.5 Å². The summed E-state index contributed by atoms with van der Waals surface area (Å²) in [6, 6.07) is 17.3. The van der Waals surface area contributed by atoms with Gasteiger partial charge in [-0.2, -0.15) is 5.10 Å². The standard InChI is InChI=1S/C19H20N4O2/c20-15-3-7-17(8-4-15)25-16-5-1-14(2-6-16)18-13-19(22-21-18)23-9-11-24-12-10-23/h1-8,13H,9-12,20H2,(H,21,22). The Kier molecular flexibility index (Phi) is 4.26. The molecule has 0 amide bonds. The zero-order valence-electron chi connectivity index (χ0n) is 13.8. The lowest BCUT2D eigenvalue weighted by Gasteiger charge is -2.26. The maximum Gasteiger partial charge on any atom is 0.151 e. The normalized spacial score (nSPS) is 14.5. The lowest BCUT2D eigenvalue weighted by molar-refractivity contribution is 0.122. The van der Waals surface area contributed by atoms with Crippen molar-refractivity contribution >= 4 is 11.5 Å². The summed E-state index contributed by atoms with van der Waals surface area (Å²) in [4.78, 5) is 2.22. The Hall–Kier alpha value is -2.99. The molecule has 0 saturated carbocycles. The molecule has 4 rings (SSSR count). The van der Waals surface area contributed by atoms with Crippen LogP contribution in [0.15, 0.2) is 54.6 Å². The molecule has 1 aliphatic heterocycles. The van der Waals surface area contributed by atoms with Gasteiger partial charge in [0.15, 0.2) is 5.82 Å². The van der Waals surface area contributed by atoms with E-state index in [0.717, 1.165) is 60.6 Å². The third-order valence-corrected chi connectivity index (χ3v) is 4.18. The summed E-state index contributed by atoms with van der Waals surface area (Å²) in [5.41, 5.74) is 8.46.